The third kappa shape index (κ3) is 3.85. The zero-order chi connectivity index (χ0) is 14.4. The molecule has 0 aromatic heterocycles. The number of carbonyl (C=O) groups excluding carboxylic acids is 1. The maximum Gasteiger partial charge on any atom is 0.239 e. The van der Waals surface area contributed by atoms with Crippen LogP contribution in [-0.4, -0.2) is 38.9 Å². The van der Waals surface area contributed by atoms with Crippen LogP contribution in [0.5, 0.6) is 11.5 Å². The molecule has 3 N–H and O–H groups in total. The molecule has 0 saturated heterocycles. The molecule has 1 aliphatic rings. The summed E-state index contributed by atoms with van der Waals surface area (Å²) >= 11 is 0. The molecule has 20 heavy (non-hydrogen) atoms. The highest BCUT2D eigenvalue weighted by Crippen LogP contribution is 2.30. The number of hydrogen-bond donors (Lipinski definition) is 2. The Morgan fingerprint density at radius 3 is 2.90 bits per heavy atom. The molecule has 0 spiro atoms. The summed E-state index contributed by atoms with van der Waals surface area (Å²) in [6.07, 6.45) is 0.868. The van der Waals surface area contributed by atoms with Crippen LogP contribution in [0.3, 0.4) is 0 Å². The first kappa shape index (κ1) is 14.6. The molecule has 1 amide bonds. The third-order valence-corrected chi connectivity index (χ3v) is 2.96. The van der Waals surface area contributed by atoms with Crippen molar-refractivity contribution in [3.63, 3.8) is 0 Å². The second kappa shape index (κ2) is 7.12. The van der Waals surface area contributed by atoms with Crippen LogP contribution < -0.4 is 20.5 Å². The van der Waals surface area contributed by atoms with Gasteiger partial charge in [0.2, 0.25) is 5.91 Å². The minimum absolute atomic E-state index is 0.201. The zero-order valence-corrected chi connectivity index (χ0v) is 11.6. The predicted molar refractivity (Wildman–Crippen MR) is 73.7 cm³/mol. The van der Waals surface area contributed by atoms with Crippen molar-refractivity contribution >= 4 is 5.91 Å². The Balaban J connectivity index is 1.93. The first-order chi connectivity index (χ1) is 9.70. The molecule has 1 aromatic carbocycles. The largest absolute Gasteiger partial charge is 0.490 e. The van der Waals surface area contributed by atoms with Crippen molar-refractivity contribution in [2.75, 3.05) is 26.9 Å². The van der Waals surface area contributed by atoms with Gasteiger partial charge in [0.25, 0.3) is 0 Å². The lowest BCUT2D eigenvalue weighted by Crippen LogP contribution is -2.43. The van der Waals surface area contributed by atoms with E-state index in [0.29, 0.717) is 19.8 Å². The number of amides is 1. The highest BCUT2D eigenvalue weighted by Gasteiger charge is 2.14. The second-order valence-electron chi connectivity index (χ2n) is 4.61. The quantitative estimate of drug-likeness (QED) is 0.817. The minimum Gasteiger partial charge on any atom is -0.490 e. The average molecular weight is 280 g/mol. The van der Waals surface area contributed by atoms with Crippen LogP contribution in [0.4, 0.5) is 0 Å². The number of methoxy groups -OCH3 is 1. The van der Waals surface area contributed by atoms with Crippen LogP contribution in [0.25, 0.3) is 0 Å². The van der Waals surface area contributed by atoms with Gasteiger partial charge in [-0.15, -0.1) is 0 Å². The van der Waals surface area contributed by atoms with Gasteiger partial charge in [0.1, 0.15) is 6.04 Å². The summed E-state index contributed by atoms with van der Waals surface area (Å²) in [5.74, 6) is 1.23. The highest BCUT2D eigenvalue weighted by molar-refractivity contribution is 5.81. The number of fused-ring (bicyclic) bond motifs is 1. The van der Waals surface area contributed by atoms with Gasteiger partial charge in [0, 0.05) is 20.1 Å². The first-order valence-electron chi connectivity index (χ1n) is 6.61. The molecule has 1 aliphatic heterocycles. The molecule has 0 saturated carbocycles. The van der Waals surface area contributed by atoms with Crippen molar-refractivity contribution in [1.82, 2.24) is 5.32 Å². The molecule has 0 aliphatic carbocycles. The summed E-state index contributed by atoms with van der Waals surface area (Å²) in [7, 11) is 1.51. The molecular formula is C14H20N2O4. The van der Waals surface area contributed by atoms with Gasteiger partial charge in [0.05, 0.1) is 19.8 Å². The summed E-state index contributed by atoms with van der Waals surface area (Å²) in [6, 6.07) is 4.98. The lowest BCUT2D eigenvalue weighted by atomic mass is 10.2. The van der Waals surface area contributed by atoms with Gasteiger partial charge in [0.15, 0.2) is 11.5 Å². The summed E-state index contributed by atoms with van der Waals surface area (Å²) in [4.78, 5) is 11.7. The van der Waals surface area contributed by atoms with E-state index in [1.165, 1.54) is 7.11 Å². The summed E-state index contributed by atoms with van der Waals surface area (Å²) < 4.78 is 16.0. The molecule has 6 heteroatoms. The van der Waals surface area contributed by atoms with Crippen LogP contribution in [0, 0.1) is 0 Å². The summed E-state index contributed by atoms with van der Waals surface area (Å²) in [6.45, 7) is 1.90. The van der Waals surface area contributed by atoms with Gasteiger partial charge >= 0.3 is 0 Å². The molecule has 1 heterocycles. The van der Waals surface area contributed by atoms with Crippen molar-refractivity contribution in [3.05, 3.63) is 23.8 Å². The van der Waals surface area contributed by atoms with Gasteiger partial charge in [-0.25, -0.2) is 0 Å². The van der Waals surface area contributed by atoms with E-state index in [2.05, 4.69) is 5.32 Å². The van der Waals surface area contributed by atoms with Gasteiger partial charge in [-0.2, -0.15) is 0 Å². The van der Waals surface area contributed by atoms with Crippen molar-refractivity contribution in [2.24, 2.45) is 5.73 Å². The number of ether oxygens (including phenoxy) is 3. The van der Waals surface area contributed by atoms with E-state index in [9.17, 15) is 4.79 Å². The van der Waals surface area contributed by atoms with Crippen molar-refractivity contribution in [1.29, 1.82) is 0 Å². The highest BCUT2D eigenvalue weighted by atomic mass is 16.5. The molecule has 110 valence electrons. The molecule has 0 fully saturated rings. The molecule has 0 radical (unpaired) electrons. The topological polar surface area (TPSA) is 82.8 Å². The fourth-order valence-electron chi connectivity index (χ4n) is 1.89. The number of nitrogens with one attached hydrogen (secondary N) is 1. The average Bonchev–Trinajstić information content (AvgIpc) is 2.69. The van der Waals surface area contributed by atoms with Gasteiger partial charge in [-0.3, -0.25) is 4.79 Å². The summed E-state index contributed by atoms with van der Waals surface area (Å²) in [5.41, 5.74) is 6.58. The Morgan fingerprint density at radius 1 is 1.40 bits per heavy atom. The Morgan fingerprint density at radius 2 is 2.15 bits per heavy atom. The van der Waals surface area contributed by atoms with Gasteiger partial charge in [-0.05, 0) is 17.7 Å². The van der Waals surface area contributed by atoms with Gasteiger partial charge < -0.3 is 25.3 Å². The fraction of sp³-hybridized carbons (Fsp3) is 0.500. The standard InChI is InChI=1S/C14H20N2O4/c1-18-9-11(15)14(17)16-8-10-3-4-12-13(7-10)20-6-2-5-19-12/h3-4,7,11H,2,5-6,8-9,15H2,1H3,(H,16,17). The number of nitrogens with two attached hydrogens (primary N) is 1. The monoisotopic (exact) mass is 280 g/mol. The lowest BCUT2D eigenvalue weighted by molar-refractivity contribution is -0.123. The van der Waals surface area contributed by atoms with E-state index in [1.807, 2.05) is 18.2 Å². The molecule has 0 bridgehead atoms. The molecule has 1 aromatic rings. The second-order valence-corrected chi connectivity index (χ2v) is 4.61. The van der Waals surface area contributed by atoms with Crippen molar-refractivity contribution in [3.8, 4) is 11.5 Å². The van der Waals surface area contributed by atoms with E-state index >= 15 is 0 Å². The van der Waals surface area contributed by atoms with Crippen LogP contribution in [-0.2, 0) is 16.1 Å². The molecule has 1 atom stereocenters. The molecule has 1 unspecified atom stereocenters. The zero-order valence-electron chi connectivity index (χ0n) is 11.6. The van der Waals surface area contributed by atoms with E-state index in [0.717, 1.165) is 23.5 Å². The Labute approximate surface area is 118 Å². The molecule has 6 nitrogen and oxygen atoms in total. The van der Waals surface area contributed by atoms with Crippen LogP contribution in [0.15, 0.2) is 18.2 Å². The smallest absolute Gasteiger partial charge is 0.239 e. The lowest BCUT2D eigenvalue weighted by Gasteiger charge is -2.12. The fourth-order valence-corrected chi connectivity index (χ4v) is 1.89. The van der Waals surface area contributed by atoms with Crippen LogP contribution >= 0.6 is 0 Å². The first-order valence-corrected chi connectivity index (χ1v) is 6.61. The maximum atomic E-state index is 11.7. The third-order valence-electron chi connectivity index (χ3n) is 2.96. The van der Waals surface area contributed by atoms with E-state index in [-0.39, 0.29) is 12.5 Å². The Bertz CT molecular complexity index is 464. The van der Waals surface area contributed by atoms with Gasteiger partial charge in [-0.1, -0.05) is 6.07 Å². The Hall–Kier alpha value is -1.79. The van der Waals surface area contributed by atoms with Crippen LogP contribution in [0.1, 0.15) is 12.0 Å². The van der Waals surface area contributed by atoms with Crippen molar-refractivity contribution < 1.29 is 19.0 Å². The maximum absolute atomic E-state index is 11.7. The number of benzene rings is 1. The summed E-state index contributed by atoms with van der Waals surface area (Å²) in [5, 5.41) is 2.77. The SMILES string of the molecule is COCC(N)C(=O)NCc1ccc2c(c1)OCCCO2. The Kier molecular flexibility index (Phi) is 5.20. The van der Waals surface area contributed by atoms with Crippen LogP contribution in [0.2, 0.25) is 0 Å². The van der Waals surface area contributed by atoms with E-state index in [4.69, 9.17) is 19.9 Å². The predicted octanol–water partition coefficient (Wildman–Crippen LogP) is 0.438. The number of carbonyl (C=O) groups is 1. The van der Waals surface area contributed by atoms with E-state index in [1.54, 1.807) is 0 Å². The number of rotatable bonds is 5. The molecular weight excluding hydrogens is 260 g/mol. The van der Waals surface area contributed by atoms with E-state index < -0.39 is 6.04 Å². The normalized spacial score (nSPS) is 15.3. The number of hydrogen-bond acceptors (Lipinski definition) is 5. The van der Waals surface area contributed by atoms with Crippen molar-refractivity contribution in [2.45, 2.75) is 19.0 Å². The minimum atomic E-state index is -0.652. The molecule has 2 rings (SSSR count).